The van der Waals surface area contributed by atoms with Crippen molar-refractivity contribution in [3.63, 3.8) is 0 Å². The van der Waals surface area contributed by atoms with Crippen LogP contribution in [0.3, 0.4) is 0 Å². The highest BCUT2D eigenvalue weighted by molar-refractivity contribution is 7.13. The lowest BCUT2D eigenvalue weighted by atomic mass is 10.1. The van der Waals surface area contributed by atoms with Crippen molar-refractivity contribution in [3.8, 4) is 0 Å². The van der Waals surface area contributed by atoms with Crippen LogP contribution < -0.4 is 10.2 Å². The Morgan fingerprint density at radius 1 is 1.69 bits per heavy atom. The van der Waals surface area contributed by atoms with Crippen LogP contribution in [0.5, 0.6) is 0 Å². The van der Waals surface area contributed by atoms with Crippen molar-refractivity contribution in [2.24, 2.45) is 0 Å². The lowest BCUT2D eigenvalue weighted by molar-refractivity contribution is 0.412. The molecular weight excluding hydrogens is 184 g/mol. The lowest BCUT2D eigenvalue weighted by Gasteiger charge is -2.37. The molecule has 1 aliphatic heterocycles. The van der Waals surface area contributed by atoms with E-state index in [1.54, 1.807) is 16.8 Å². The van der Waals surface area contributed by atoms with Gasteiger partial charge in [0.1, 0.15) is 5.51 Å². The van der Waals surface area contributed by atoms with E-state index in [0.29, 0.717) is 6.04 Å². The summed E-state index contributed by atoms with van der Waals surface area (Å²) >= 11 is 1.62. The van der Waals surface area contributed by atoms with Gasteiger partial charge in [0.15, 0.2) is 0 Å². The molecule has 0 aliphatic carbocycles. The van der Waals surface area contributed by atoms with E-state index in [0.717, 1.165) is 31.2 Å². The summed E-state index contributed by atoms with van der Waals surface area (Å²) in [5, 5.41) is 12.3. The lowest BCUT2D eigenvalue weighted by Crippen LogP contribution is -2.57. The summed E-state index contributed by atoms with van der Waals surface area (Å²) in [6.45, 7) is 5.45. The van der Waals surface area contributed by atoms with Gasteiger partial charge in [-0.3, -0.25) is 0 Å². The minimum absolute atomic E-state index is 0.632. The van der Waals surface area contributed by atoms with Crippen LogP contribution in [0, 0.1) is 0 Å². The molecule has 1 aliphatic rings. The second-order valence-corrected chi connectivity index (χ2v) is 4.04. The second-order valence-electron chi connectivity index (χ2n) is 3.23. The van der Waals surface area contributed by atoms with Crippen LogP contribution >= 0.6 is 11.3 Å². The van der Waals surface area contributed by atoms with E-state index in [1.807, 2.05) is 0 Å². The van der Waals surface area contributed by atoms with Gasteiger partial charge in [-0.25, -0.2) is 0 Å². The molecule has 72 valence electrons. The highest BCUT2D eigenvalue weighted by Gasteiger charge is 2.25. The van der Waals surface area contributed by atoms with Gasteiger partial charge in [0.05, 0.1) is 6.04 Å². The Morgan fingerprint density at radius 2 is 2.54 bits per heavy atom. The van der Waals surface area contributed by atoms with Crippen molar-refractivity contribution in [3.05, 3.63) is 5.51 Å². The molecule has 1 aromatic rings. The van der Waals surface area contributed by atoms with Gasteiger partial charge in [-0.15, -0.1) is 10.2 Å². The van der Waals surface area contributed by atoms with Gasteiger partial charge in [-0.05, 0) is 6.42 Å². The number of aromatic nitrogens is 2. The molecular formula is C8H14N4S. The predicted octanol–water partition coefficient (Wildman–Crippen LogP) is 0.726. The van der Waals surface area contributed by atoms with Crippen molar-refractivity contribution in [1.29, 1.82) is 0 Å². The van der Waals surface area contributed by atoms with Crippen molar-refractivity contribution in [1.82, 2.24) is 15.5 Å². The van der Waals surface area contributed by atoms with Crippen molar-refractivity contribution in [2.45, 2.75) is 19.4 Å². The van der Waals surface area contributed by atoms with Gasteiger partial charge in [0.25, 0.3) is 0 Å². The topological polar surface area (TPSA) is 41.1 Å². The maximum Gasteiger partial charge on any atom is 0.208 e. The first-order valence-electron chi connectivity index (χ1n) is 4.65. The minimum atomic E-state index is 0.632. The van der Waals surface area contributed by atoms with E-state index in [-0.39, 0.29) is 0 Å². The first-order chi connectivity index (χ1) is 6.42. The fourth-order valence-corrected chi connectivity index (χ4v) is 2.12. The van der Waals surface area contributed by atoms with Gasteiger partial charge in [0.2, 0.25) is 5.13 Å². The van der Waals surface area contributed by atoms with Gasteiger partial charge < -0.3 is 10.2 Å². The molecule has 0 unspecified atom stereocenters. The molecule has 1 N–H and O–H groups in total. The monoisotopic (exact) mass is 198 g/mol. The number of nitrogens with one attached hydrogen (secondary N) is 1. The summed E-state index contributed by atoms with van der Waals surface area (Å²) in [4.78, 5) is 2.36. The highest BCUT2D eigenvalue weighted by Crippen LogP contribution is 2.20. The third-order valence-corrected chi connectivity index (χ3v) is 2.99. The summed E-state index contributed by atoms with van der Waals surface area (Å²) in [6, 6.07) is 0.632. The van der Waals surface area contributed by atoms with Gasteiger partial charge in [-0.2, -0.15) is 0 Å². The molecule has 0 spiro atoms. The first-order valence-corrected chi connectivity index (χ1v) is 5.53. The molecule has 0 radical (unpaired) electrons. The zero-order valence-corrected chi connectivity index (χ0v) is 8.55. The summed E-state index contributed by atoms with van der Waals surface area (Å²) in [5.74, 6) is 0. The molecule has 1 fully saturated rings. The average molecular weight is 198 g/mol. The van der Waals surface area contributed by atoms with Crippen LogP contribution in [-0.2, 0) is 0 Å². The number of anilines is 1. The van der Waals surface area contributed by atoms with Crippen LogP contribution in [0.1, 0.15) is 13.3 Å². The van der Waals surface area contributed by atoms with Crippen LogP contribution in [0.25, 0.3) is 0 Å². The number of hydrogen-bond acceptors (Lipinski definition) is 5. The summed E-state index contributed by atoms with van der Waals surface area (Å²) in [7, 11) is 0. The first kappa shape index (κ1) is 8.90. The number of nitrogens with zero attached hydrogens (tertiary/aromatic N) is 3. The quantitative estimate of drug-likeness (QED) is 0.774. The Labute approximate surface area is 82.0 Å². The van der Waals surface area contributed by atoms with Gasteiger partial charge >= 0.3 is 0 Å². The maximum absolute atomic E-state index is 4.10. The number of rotatable bonds is 4. The molecule has 2 heterocycles. The average Bonchev–Trinajstić information content (AvgIpc) is 2.51. The van der Waals surface area contributed by atoms with E-state index in [2.05, 4.69) is 27.3 Å². The standard InChI is InChI=1S/C8H14N4S/c1-2-3-12(7-4-9-5-7)8-11-10-6-13-8/h6-7,9H,2-5H2,1H3. The predicted molar refractivity (Wildman–Crippen MR) is 54.2 cm³/mol. The molecule has 1 aromatic heterocycles. The fourth-order valence-electron chi connectivity index (χ4n) is 1.46. The largest absolute Gasteiger partial charge is 0.341 e. The van der Waals surface area contributed by atoms with E-state index in [9.17, 15) is 0 Å². The van der Waals surface area contributed by atoms with Gasteiger partial charge in [-0.1, -0.05) is 18.3 Å². The molecule has 0 saturated carbocycles. The molecule has 2 rings (SSSR count). The zero-order chi connectivity index (χ0) is 9.10. The molecule has 0 aromatic carbocycles. The van der Waals surface area contributed by atoms with Crippen molar-refractivity contribution in [2.75, 3.05) is 24.5 Å². The number of hydrogen-bond donors (Lipinski definition) is 1. The smallest absolute Gasteiger partial charge is 0.208 e. The zero-order valence-electron chi connectivity index (χ0n) is 7.73. The molecule has 0 bridgehead atoms. The summed E-state index contributed by atoms with van der Waals surface area (Å²) in [6.07, 6.45) is 1.16. The Hall–Kier alpha value is -0.680. The third-order valence-electron chi connectivity index (χ3n) is 2.26. The Kier molecular flexibility index (Phi) is 2.75. The van der Waals surface area contributed by atoms with E-state index in [4.69, 9.17) is 0 Å². The molecule has 5 heteroatoms. The van der Waals surface area contributed by atoms with E-state index >= 15 is 0 Å². The van der Waals surface area contributed by atoms with E-state index < -0.39 is 0 Å². The highest BCUT2D eigenvalue weighted by atomic mass is 32.1. The molecule has 0 amide bonds. The van der Waals surface area contributed by atoms with E-state index in [1.165, 1.54) is 0 Å². The molecule has 4 nitrogen and oxygen atoms in total. The maximum atomic E-state index is 4.10. The Balaban J connectivity index is 2.04. The summed E-state index contributed by atoms with van der Waals surface area (Å²) < 4.78 is 0. The molecule has 13 heavy (non-hydrogen) atoms. The van der Waals surface area contributed by atoms with Crippen LogP contribution in [-0.4, -0.2) is 35.9 Å². The molecule has 1 saturated heterocycles. The third kappa shape index (κ3) is 1.81. The molecule has 0 atom stereocenters. The second kappa shape index (κ2) is 4.02. The summed E-state index contributed by atoms with van der Waals surface area (Å²) in [5.41, 5.74) is 1.80. The van der Waals surface area contributed by atoms with Crippen LogP contribution in [0.4, 0.5) is 5.13 Å². The Bertz CT molecular complexity index is 245. The SMILES string of the molecule is CCCN(c1nncs1)C1CNC1. The Morgan fingerprint density at radius 3 is 3.00 bits per heavy atom. The van der Waals surface area contributed by atoms with Crippen molar-refractivity contribution >= 4 is 16.5 Å². The van der Waals surface area contributed by atoms with Crippen molar-refractivity contribution < 1.29 is 0 Å². The van der Waals surface area contributed by atoms with Gasteiger partial charge in [0, 0.05) is 19.6 Å². The minimum Gasteiger partial charge on any atom is -0.341 e. The van der Waals surface area contributed by atoms with Crippen LogP contribution in [0.2, 0.25) is 0 Å². The normalized spacial score (nSPS) is 17.0. The van der Waals surface area contributed by atoms with Crippen LogP contribution in [0.15, 0.2) is 5.51 Å². The fraction of sp³-hybridized carbons (Fsp3) is 0.750.